The van der Waals surface area contributed by atoms with Crippen molar-refractivity contribution in [2.24, 2.45) is 5.73 Å². The van der Waals surface area contributed by atoms with E-state index in [0.717, 1.165) is 22.3 Å². The minimum Gasteiger partial charge on any atom is -0.436 e. The molecule has 242 valence electrons. The average molecular weight is 627 g/mol. The molecular formula is C31H47ClN2O9. The van der Waals surface area contributed by atoms with Crippen molar-refractivity contribution in [3.63, 3.8) is 0 Å². The number of nitrogens with two attached hydrogens (primary N) is 1. The highest BCUT2D eigenvalue weighted by Crippen LogP contribution is 2.45. The van der Waals surface area contributed by atoms with Crippen LogP contribution in [0, 0.1) is 0 Å². The van der Waals surface area contributed by atoms with Crippen molar-refractivity contribution in [1.29, 1.82) is 0 Å². The highest BCUT2D eigenvalue weighted by atomic mass is 35.5. The van der Waals surface area contributed by atoms with Crippen LogP contribution >= 0.6 is 12.4 Å². The Kier molecular flexibility index (Phi) is 19.8. The topological polar surface area (TPSA) is 120 Å². The SMILES string of the molecule is CN(CCOCCOCCOCCOCCOCCOCCOCCN)C(=O)OC1c2ccccc2-c2ccccc21.Cl. The maximum Gasteiger partial charge on any atom is 0.410 e. The summed E-state index contributed by atoms with van der Waals surface area (Å²) in [4.78, 5) is 14.3. The maximum atomic E-state index is 12.8. The van der Waals surface area contributed by atoms with Crippen molar-refractivity contribution in [3.05, 3.63) is 59.7 Å². The number of ether oxygens (including phenoxy) is 8. The van der Waals surface area contributed by atoms with Gasteiger partial charge in [-0.05, 0) is 11.1 Å². The van der Waals surface area contributed by atoms with Gasteiger partial charge in [0.2, 0.25) is 0 Å². The number of rotatable bonds is 24. The van der Waals surface area contributed by atoms with Crippen molar-refractivity contribution in [2.45, 2.75) is 6.10 Å². The van der Waals surface area contributed by atoms with Crippen LogP contribution in [-0.2, 0) is 37.9 Å². The number of benzene rings is 2. The fourth-order valence-electron chi connectivity index (χ4n) is 4.22. The molecule has 0 fully saturated rings. The molecule has 0 saturated heterocycles. The normalized spacial score (nSPS) is 12.0. The first-order chi connectivity index (χ1) is 20.7. The molecule has 2 aromatic carbocycles. The van der Waals surface area contributed by atoms with E-state index in [0.29, 0.717) is 106 Å². The lowest BCUT2D eigenvalue weighted by Gasteiger charge is -2.21. The van der Waals surface area contributed by atoms with E-state index in [-0.39, 0.29) is 18.5 Å². The number of hydrogen-bond acceptors (Lipinski definition) is 10. The molecule has 0 aromatic heterocycles. The fraction of sp³-hybridized carbons (Fsp3) is 0.581. The summed E-state index contributed by atoms with van der Waals surface area (Å²) >= 11 is 0. The molecule has 0 unspecified atom stereocenters. The molecule has 1 aliphatic carbocycles. The number of likely N-dealkylation sites (N-methyl/N-ethyl adjacent to an activating group) is 1. The average Bonchev–Trinajstić information content (AvgIpc) is 3.33. The summed E-state index contributed by atoms with van der Waals surface area (Å²) < 4.78 is 44.0. The molecule has 12 heteroatoms. The largest absolute Gasteiger partial charge is 0.436 e. The number of fused-ring (bicyclic) bond motifs is 3. The van der Waals surface area contributed by atoms with Crippen molar-refractivity contribution in [1.82, 2.24) is 4.90 Å². The number of hydrogen-bond donors (Lipinski definition) is 1. The first-order valence-corrected chi connectivity index (χ1v) is 14.6. The van der Waals surface area contributed by atoms with Crippen LogP contribution in [0.4, 0.5) is 4.79 Å². The molecule has 43 heavy (non-hydrogen) atoms. The van der Waals surface area contributed by atoms with Crippen LogP contribution in [0.5, 0.6) is 0 Å². The highest BCUT2D eigenvalue weighted by molar-refractivity contribution is 5.85. The van der Waals surface area contributed by atoms with Gasteiger partial charge in [0.25, 0.3) is 0 Å². The molecule has 0 aliphatic heterocycles. The van der Waals surface area contributed by atoms with Gasteiger partial charge in [0, 0.05) is 31.3 Å². The Labute approximate surface area is 261 Å². The zero-order valence-corrected chi connectivity index (χ0v) is 25.9. The summed E-state index contributed by atoms with van der Waals surface area (Å²) in [7, 11) is 1.71. The summed E-state index contributed by atoms with van der Waals surface area (Å²) in [5, 5.41) is 0. The zero-order valence-electron chi connectivity index (χ0n) is 25.1. The van der Waals surface area contributed by atoms with Gasteiger partial charge in [0.05, 0.1) is 92.5 Å². The lowest BCUT2D eigenvalue weighted by atomic mass is 10.1. The molecule has 0 atom stereocenters. The lowest BCUT2D eigenvalue weighted by Crippen LogP contribution is -2.32. The minimum atomic E-state index is -0.404. The Balaban J connectivity index is 0.00000645. The predicted octanol–water partition coefficient (Wildman–Crippen LogP) is 3.32. The highest BCUT2D eigenvalue weighted by Gasteiger charge is 2.31. The molecule has 2 N–H and O–H groups in total. The van der Waals surface area contributed by atoms with E-state index in [2.05, 4.69) is 12.1 Å². The lowest BCUT2D eigenvalue weighted by molar-refractivity contribution is -0.0207. The Morgan fingerprint density at radius 3 is 1.35 bits per heavy atom. The van der Waals surface area contributed by atoms with Gasteiger partial charge in [-0.2, -0.15) is 0 Å². The molecule has 1 aliphatic rings. The monoisotopic (exact) mass is 626 g/mol. The predicted molar refractivity (Wildman–Crippen MR) is 165 cm³/mol. The van der Waals surface area contributed by atoms with E-state index in [4.69, 9.17) is 43.6 Å². The van der Waals surface area contributed by atoms with Crippen LogP contribution in [-0.4, -0.2) is 124 Å². The van der Waals surface area contributed by atoms with E-state index in [1.165, 1.54) is 4.90 Å². The number of halogens is 1. The third-order valence-electron chi connectivity index (χ3n) is 6.37. The number of nitrogens with zero attached hydrogens (tertiary/aromatic N) is 1. The summed E-state index contributed by atoms with van der Waals surface area (Å²) in [6.45, 7) is 7.85. The van der Waals surface area contributed by atoms with Gasteiger partial charge in [0.15, 0.2) is 6.10 Å². The summed E-state index contributed by atoms with van der Waals surface area (Å²) in [6, 6.07) is 16.1. The Morgan fingerprint density at radius 1 is 0.605 bits per heavy atom. The van der Waals surface area contributed by atoms with Crippen LogP contribution in [0.15, 0.2) is 48.5 Å². The van der Waals surface area contributed by atoms with Crippen LogP contribution in [0.2, 0.25) is 0 Å². The molecule has 0 radical (unpaired) electrons. The van der Waals surface area contributed by atoms with Crippen LogP contribution in [0.1, 0.15) is 17.2 Å². The minimum absolute atomic E-state index is 0. The molecule has 0 saturated carbocycles. The first-order valence-electron chi connectivity index (χ1n) is 14.6. The summed E-state index contributed by atoms with van der Waals surface area (Å²) in [5.41, 5.74) is 9.56. The fourth-order valence-corrected chi connectivity index (χ4v) is 4.22. The van der Waals surface area contributed by atoms with Gasteiger partial charge in [-0.15, -0.1) is 12.4 Å². The third kappa shape index (κ3) is 13.9. The number of carbonyl (C=O) groups excluding carboxylic acids is 1. The van der Waals surface area contributed by atoms with E-state index in [1.54, 1.807) is 7.05 Å². The van der Waals surface area contributed by atoms with Crippen LogP contribution < -0.4 is 5.73 Å². The van der Waals surface area contributed by atoms with Crippen molar-refractivity contribution >= 4 is 18.5 Å². The molecule has 0 bridgehead atoms. The number of amides is 1. The molecule has 2 aromatic rings. The summed E-state index contributed by atoms with van der Waals surface area (Å²) in [6.07, 6.45) is -0.788. The molecular weight excluding hydrogens is 580 g/mol. The zero-order chi connectivity index (χ0) is 29.7. The third-order valence-corrected chi connectivity index (χ3v) is 6.37. The van der Waals surface area contributed by atoms with Crippen molar-refractivity contribution < 1.29 is 42.7 Å². The molecule has 11 nitrogen and oxygen atoms in total. The van der Waals surface area contributed by atoms with Gasteiger partial charge >= 0.3 is 6.09 Å². The second-order valence-electron chi connectivity index (χ2n) is 9.44. The van der Waals surface area contributed by atoms with Crippen molar-refractivity contribution in [3.8, 4) is 11.1 Å². The van der Waals surface area contributed by atoms with Gasteiger partial charge < -0.3 is 48.5 Å². The summed E-state index contributed by atoms with van der Waals surface area (Å²) in [5.74, 6) is 0. The van der Waals surface area contributed by atoms with Gasteiger partial charge in [-0.1, -0.05) is 48.5 Å². The molecule has 1 amide bonds. The van der Waals surface area contributed by atoms with E-state index in [1.807, 2.05) is 36.4 Å². The first kappa shape index (κ1) is 36.9. The van der Waals surface area contributed by atoms with Gasteiger partial charge in [-0.3, -0.25) is 0 Å². The number of carbonyl (C=O) groups is 1. The smallest absolute Gasteiger partial charge is 0.410 e. The van der Waals surface area contributed by atoms with Crippen molar-refractivity contribution in [2.75, 3.05) is 113 Å². The molecule has 3 rings (SSSR count). The van der Waals surface area contributed by atoms with E-state index in [9.17, 15) is 4.79 Å². The van der Waals surface area contributed by atoms with Gasteiger partial charge in [0.1, 0.15) is 0 Å². The Morgan fingerprint density at radius 2 is 0.953 bits per heavy atom. The van der Waals surface area contributed by atoms with Crippen LogP contribution in [0.25, 0.3) is 11.1 Å². The maximum absolute atomic E-state index is 12.8. The second kappa shape index (κ2) is 23.1. The molecule has 0 spiro atoms. The quantitative estimate of drug-likeness (QED) is 0.174. The Hall–Kier alpha value is -2.32. The van der Waals surface area contributed by atoms with E-state index >= 15 is 0 Å². The Bertz CT molecular complexity index is 971. The molecule has 0 heterocycles. The second-order valence-corrected chi connectivity index (χ2v) is 9.44. The van der Waals surface area contributed by atoms with E-state index < -0.39 is 6.10 Å². The van der Waals surface area contributed by atoms with Crippen LogP contribution in [0.3, 0.4) is 0 Å². The standard InChI is InChI=1S/C31H46N2O9.ClH/c1-33(31(34)42-30-28-8-4-2-6-26(28)27-7-3-5-9-29(27)30)11-13-36-15-17-38-19-21-40-23-25-41-24-22-39-20-18-37-16-14-35-12-10-32;/h2-9,30H,10-25,32H2,1H3;1H. The van der Waals surface area contributed by atoms with Gasteiger partial charge in [-0.25, -0.2) is 4.79 Å².